The number of likely N-dealkylation sites (N-methyl/N-ethyl adjacent to an activating group) is 1. The number of piperidine rings is 1. The van der Waals surface area contributed by atoms with Crippen LogP contribution in [0.4, 0.5) is 0 Å². The van der Waals surface area contributed by atoms with Gasteiger partial charge in [-0.15, -0.1) is 0 Å². The summed E-state index contributed by atoms with van der Waals surface area (Å²) >= 11 is 0. The highest BCUT2D eigenvalue weighted by Crippen LogP contribution is 2.19. The van der Waals surface area contributed by atoms with Crippen molar-refractivity contribution in [3.63, 3.8) is 0 Å². The first-order valence-corrected chi connectivity index (χ1v) is 9.42. The number of likely N-dealkylation sites (tertiary alicyclic amines) is 1. The summed E-state index contributed by atoms with van der Waals surface area (Å²) in [5.41, 5.74) is 1.34. The Bertz CT molecular complexity index is 640. The van der Waals surface area contributed by atoms with Crippen molar-refractivity contribution in [1.82, 2.24) is 19.7 Å². The molecule has 0 unspecified atom stereocenters. The van der Waals surface area contributed by atoms with E-state index in [2.05, 4.69) is 47.0 Å². The van der Waals surface area contributed by atoms with Gasteiger partial charge in [-0.3, -0.25) is 0 Å². The predicted molar refractivity (Wildman–Crippen MR) is 99.7 cm³/mol. The van der Waals surface area contributed by atoms with Crippen LogP contribution in [0.5, 0.6) is 0 Å². The number of ether oxygens (including phenoxy) is 1. The smallest absolute Gasteiger partial charge is 0.153 e. The molecule has 0 radical (unpaired) electrons. The molecule has 1 atom stereocenters. The van der Waals surface area contributed by atoms with Crippen LogP contribution in [0, 0.1) is 0 Å². The van der Waals surface area contributed by atoms with E-state index in [1.165, 1.54) is 31.4 Å². The van der Waals surface area contributed by atoms with Gasteiger partial charge in [0.2, 0.25) is 0 Å². The molecule has 1 aromatic heterocycles. The van der Waals surface area contributed by atoms with E-state index in [9.17, 15) is 0 Å². The average molecular weight is 342 g/mol. The molecule has 5 nitrogen and oxygen atoms in total. The Kier molecular flexibility index (Phi) is 6.59. The van der Waals surface area contributed by atoms with E-state index in [1.807, 2.05) is 0 Å². The van der Waals surface area contributed by atoms with Crippen LogP contribution < -0.4 is 0 Å². The molecule has 1 aliphatic heterocycles. The standard InChI is InChI=1S/C20H30N4O/c1-23-13-7-6-10-18(23)16-20-21-19(12-15-25-2)22-24(20)14-11-17-8-4-3-5-9-17/h3-5,8-9,18H,6-7,10-16H2,1-2H3/t18-/m1/s1. The van der Waals surface area contributed by atoms with E-state index < -0.39 is 0 Å². The van der Waals surface area contributed by atoms with Crippen molar-refractivity contribution in [2.75, 3.05) is 27.3 Å². The summed E-state index contributed by atoms with van der Waals surface area (Å²) in [6, 6.07) is 11.2. The number of rotatable bonds is 8. The fourth-order valence-electron chi connectivity index (χ4n) is 3.55. The van der Waals surface area contributed by atoms with Crippen molar-refractivity contribution in [1.29, 1.82) is 0 Å². The van der Waals surface area contributed by atoms with Crippen LogP contribution in [0.1, 0.15) is 36.5 Å². The zero-order chi connectivity index (χ0) is 17.5. The highest BCUT2D eigenvalue weighted by molar-refractivity contribution is 5.14. The zero-order valence-corrected chi connectivity index (χ0v) is 15.5. The van der Waals surface area contributed by atoms with Crippen molar-refractivity contribution in [3.8, 4) is 0 Å². The van der Waals surface area contributed by atoms with Crippen LogP contribution in [-0.2, 0) is 30.5 Å². The Balaban J connectivity index is 1.70. The summed E-state index contributed by atoms with van der Waals surface area (Å²) in [6.45, 7) is 2.75. The zero-order valence-electron chi connectivity index (χ0n) is 15.5. The van der Waals surface area contributed by atoms with Gasteiger partial charge in [-0.1, -0.05) is 36.8 Å². The molecular weight excluding hydrogens is 312 g/mol. The van der Waals surface area contributed by atoms with Crippen LogP contribution in [0.3, 0.4) is 0 Å². The van der Waals surface area contributed by atoms with Crippen LogP contribution >= 0.6 is 0 Å². The van der Waals surface area contributed by atoms with Gasteiger partial charge >= 0.3 is 0 Å². The Morgan fingerprint density at radius 1 is 1.16 bits per heavy atom. The molecule has 3 rings (SSSR count). The van der Waals surface area contributed by atoms with Gasteiger partial charge in [0.05, 0.1) is 6.61 Å². The van der Waals surface area contributed by atoms with E-state index in [1.54, 1.807) is 7.11 Å². The Morgan fingerprint density at radius 2 is 2.00 bits per heavy atom. The third kappa shape index (κ3) is 5.13. The summed E-state index contributed by atoms with van der Waals surface area (Å²) in [4.78, 5) is 7.31. The normalized spacial score (nSPS) is 18.6. The first kappa shape index (κ1) is 18.1. The summed E-state index contributed by atoms with van der Waals surface area (Å²) in [5, 5.41) is 4.76. The van der Waals surface area contributed by atoms with Crippen LogP contribution in [-0.4, -0.2) is 53.0 Å². The Morgan fingerprint density at radius 3 is 2.76 bits per heavy atom. The topological polar surface area (TPSA) is 43.2 Å². The molecule has 2 heterocycles. The molecule has 0 aliphatic carbocycles. The molecule has 0 bridgehead atoms. The van der Waals surface area contributed by atoms with Gasteiger partial charge in [-0.25, -0.2) is 9.67 Å². The van der Waals surface area contributed by atoms with E-state index in [0.717, 1.165) is 37.5 Å². The van der Waals surface area contributed by atoms with Crippen molar-refractivity contribution in [2.45, 2.75) is 51.1 Å². The summed E-state index contributed by atoms with van der Waals surface area (Å²) < 4.78 is 7.32. The molecule has 136 valence electrons. The van der Waals surface area contributed by atoms with Crippen molar-refractivity contribution in [2.24, 2.45) is 0 Å². The lowest BCUT2D eigenvalue weighted by molar-refractivity contribution is 0.181. The quantitative estimate of drug-likeness (QED) is 0.740. The lowest BCUT2D eigenvalue weighted by Crippen LogP contribution is -2.38. The van der Waals surface area contributed by atoms with Gasteiger partial charge in [0.1, 0.15) is 5.82 Å². The second-order valence-corrected chi connectivity index (χ2v) is 6.98. The van der Waals surface area contributed by atoms with Gasteiger partial charge in [0.15, 0.2) is 5.82 Å². The lowest BCUT2D eigenvalue weighted by Gasteiger charge is -2.32. The second-order valence-electron chi connectivity index (χ2n) is 6.98. The summed E-state index contributed by atoms with van der Waals surface area (Å²) in [5.74, 6) is 2.03. The fourth-order valence-corrected chi connectivity index (χ4v) is 3.55. The Hall–Kier alpha value is -1.72. The number of nitrogens with zero attached hydrogens (tertiary/aromatic N) is 4. The lowest BCUT2D eigenvalue weighted by atomic mass is 10.00. The maximum absolute atomic E-state index is 5.19. The first-order chi connectivity index (χ1) is 12.3. The predicted octanol–water partition coefficient (Wildman–Crippen LogP) is 2.74. The van der Waals surface area contributed by atoms with Crippen LogP contribution in [0.2, 0.25) is 0 Å². The average Bonchev–Trinajstić information content (AvgIpc) is 3.03. The minimum absolute atomic E-state index is 0.587. The fraction of sp³-hybridized carbons (Fsp3) is 0.600. The maximum atomic E-state index is 5.19. The Labute approximate surface area is 151 Å². The van der Waals surface area contributed by atoms with E-state index in [-0.39, 0.29) is 0 Å². The van der Waals surface area contributed by atoms with Gasteiger partial charge in [-0.2, -0.15) is 5.10 Å². The molecule has 1 aromatic carbocycles. The highest BCUT2D eigenvalue weighted by Gasteiger charge is 2.22. The molecule has 2 aromatic rings. The number of aromatic nitrogens is 3. The van der Waals surface area contributed by atoms with Crippen molar-refractivity contribution in [3.05, 3.63) is 47.5 Å². The number of hydrogen-bond donors (Lipinski definition) is 0. The minimum Gasteiger partial charge on any atom is -0.384 e. The third-order valence-electron chi connectivity index (χ3n) is 5.12. The number of hydrogen-bond acceptors (Lipinski definition) is 4. The summed E-state index contributed by atoms with van der Waals surface area (Å²) in [7, 11) is 3.96. The highest BCUT2D eigenvalue weighted by atomic mass is 16.5. The van der Waals surface area contributed by atoms with Crippen LogP contribution in [0.15, 0.2) is 30.3 Å². The van der Waals surface area contributed by atoms with Crippen LogP contribution in [0.25, 0.3) is 0 Å². The van der Waals surface area contributed by atoms with E-state index in [0.29, 0.717) is 12.6 Å². The SMILES string of the molecule is COCCc1nc(C[C@H]2CCCCN2C)n(CCc2ccccc2)n1. The number of methoxy groups -OCH3 is 1. The van der Waals surface area contributed by atoms with Crippen molar-refractivity contribution < 1.29 is 4.74 Å². The molecule has 0 N–H and O–H groups in total. The molecule has 1 fully saturated rings. The molecule has 5 heteroatoms. The third-order valence-corrected chi connectivity index (χ3v) is 5.12. The van der Waals surface area contributed by atoms with Gasteiger partial charge < -0.3 is 9.64 Å². The maximum Gasteiger partial charge on any atom is 0.153 e. The molecule has 0 saturated carbocycles. The van der Waals surface area contributed by atoms with Gasteiger partial charge in [0.25, 0.3) is 0 Å². The second kappa shape index (κ2) is 9.11. The molecule has 0 amide bonds. The monoisotopic (exact) mass is 342 g/mol. The van der Waals surface area contributed by atoms with Gasteiger partial charge in [0, 0.05) is 32.5 Å². The molecule has 1 saturated heterocycles. The summed E-state index contributed by atoms with van der Waals surface area (Å²) in [6.07, 6.45) is 6.65. The molecule has 0 spiro atoms. The van der Waals surface area contributed by atoms with Gasteiger partial charge in [-0.05, 0) is 38.4 Å². The van der Waals surface area contributed by atoms with E-state index >= 15 is 0 Å². The minimum atomic E-state index is 0.587. The molecule has 25 heavy (non-hydrogen) atoms. The molecular formula is C20H30N4O. The number of aryl methyl sites for hydroxylation is 2. The van der Waals surface area contributed by atoms with Crippen molar-refractivity contribution >= 4 is 0 Å². The first-order valence-electron chi connectivity index (χ1n) is 9.42. The largest absolute Gasteiger partial charge is 0.384 e. The molecule has 1 aliphatic rings. The number of benzene rings is 1. The van der Waals surface area contributed by atoms with E-state index in [4.69, 9.17) is 14.8 Å².